The predicted octanol–water partition coefficient (Wildman–Crippen LogP) is 2.92. The molecule has 0 aliphatic carbocycles. The van der Waals surface area contributed by atoms with Gasteiger partial charge < -0.3 is 5.32 Å². The number of fused-ring (bicyclic) bond motifs is 1. The van der Waals surface area contributed by atoms with Gasteiger partial charge in [-0.3, -0.25) is 14.8 Å². The summed E-state index contributed by atoms with van der Waals surface area (Å²) in [6.07, 6.45) is 8.19. The molecule has 2 heterocycles. The van der Waals surface area contributed by atoms with Crippen LogP contribution >= 0.6 is 0 Å². The second-order valence-corrected chi connectivity index (χ2v) is 5.13. The van der Waals surface area contributed by atoms with E-state index in [1.165, 1.54) is 6.08 Å². The summed E-state index contributed by atoms with van der Waals surface area (Å²) in [5.74, 6) is -0.177. The minimum Gasteiger partial charge on any atom is -0.346 e. The lowest BCUT2D eigenvalue weighted by molar-refractivity contribution is -0.117. The number of carbonyl (C=O) groups excluding carboxylic acids is 1. The van der Waals surface area contributed by atoms with Crippen LogP contribution in [0.3, 0.4) is 0 Å². The van der Waals surface area contributed by atoms with Crippen LogP contribution in [0, 0.1) is 0 Å². The maximum atomic E-state index is 12.0. The molecule has 0 aliphatic heterocycles. The molecule has 0 fully saturated rings. The van der Waals surface area contributed by atoms with E-state index in [4.69, 9.17) is 0 Å². The molecular formula is C18H16N4O. The Kier molecular flexibility index (Phi) is 4.38. The van der Waals surface area contributed by atoms with Crippen molar-refractivity contribution in [1.82, 2.24) is 20.3 Å². The second kappa shape index (κ2) is 6.79. The number of amides is 1. The molecule has 1 N–H and O–H groups in total. The van der Waals surface area contributed by atoms with E-state index in [2.05, 4.69) is 20.3 Å². The molecule has 0 saturated heterocycles. The lowest BCUT2D eigenvalue weighted by Gasteiger charge is -2.12. The topological polar surface area (TPSA) is 67.8 Å². The summed E-state index contributed by atoms with van der Waals surface area (Å²) in [6, 6.07) is 11.3. The van der Waals surface area contributed by atoms with Crippen molar-refractivity contribution in [2.24, 2.45) is 0 Å². The Labute approximate surface area is 134 Å². The van der Waals surface area contributed by atoms with Crippen LogP contribution in [-0.2, 0) is 4.79 Å². The largest absolute Gasteiger partial charge is 0.346 e. The van der Waals surface area contributed by atoms with E-state index < -0.39 is 0 Å². The molecule has 0 bridgehead atoms. The normalized spacial score (nSPS) is 12.4. The van der Waals surface area contributed by atoms with Crippen molar-refractivity contribution in [3.8, 4) is 0 Å². The summed E-state index contributed by atoms with van der Waals surface area (Å²) in [7, 11) is 0. The fourth-order valence-corrected chi connectivity index (χ4v) is 2.21. The van der Waals surface area contributed by atoms with Gasteiger partial charge in [0, 0.05) is 18.5 Å². The van der Waals surface area contributed by atoms with Crippen LogP contribution in [0.15, 0.2) is 61.1 Å². The lowest BCUT2D eigenvalue weighted by Crippen LogP contribution is -2.24. The number of carbonyl (C=O) groups is 1. The number of pyridine rings is 1. The van der Waals surface area contributed by atoms with Gasteiger partial charge in [-0.2, -0.15) is 0 Å². The van der Waals surface area contributed by atoms with Crippen LogP contribution in [-0.4, -0.2) is 20.9 Å². The Bertz CT molecular complexity index is 846. The van der Waals surface area contributed by atoms with Gasteiger partial charge in [-0.1, -0.05) is 12.1 Å². The third-order valence-electron chi connectivity index (χ3n) is 3.44. The summed E-state index contributed by atoms with van der Waals surface area (Å²) in [4.78, 5) is 24.7. The van der Waals surface area contributed by atoms with E-state index in [-0.39, 0.29) is 11.9 Å². The number of aromatic nitrogens is 3. The molecule has 1 aromatic carbocycles. The third kappa shape index (κ3) is 3.77. The first-order valence-electron chi connectivity index (χ1n) is 7.32. The van der Waals surface area contributed by atoms with E-state index in [1.54, 1.807) is 24.7 Å². The average Bonchev–Trinajstić information content (AvgIpc) is 2.60. The van der Waals surface area contributed by atoms with Gasteiger partial charge in [-0.15, -0.1) is 0 Å². The summed E-state index contributed by atoms with van der Waals surface area (Å²) >= 11 is 0. The number of para-hydroxylation sites is 2. The lowest BCUT2D eigenvalue weighted by atomic mass is 10.1. The zero-order valence-corrected chi connectivity index (χ0v) is 12.7. The standard InChI is InChI=1S/C18H16N4O/c1-13(14-8-10-19-11-9-14)21-18(23)7-6-15-12-20-16-4-2-3-5-17(16)22-15/h2-13H,1H3,(H,21,23)/b7-6+. The molecule has 5 nitrogen and oxygen atoms in total. The number of rotatable bonds is 4. The zero-order valence-electron chi connectivity index (χ0n) is 12.7. The average molecular weight is 304 g/mol. The highest BCUT2D eigenvalue weighted by molar-refractivity contribution is 5.91. The van der Waals surface area contributed by atoms with Gasteiger partial charge in [-0.25, -0.2) is 4.98 Å². The van der Waals surface area contributed by atoms with E-state index in [9.17, 15) is 4.79 Å². The molecule has 3 rings (SSSR count). The minimum atomic E-state index is -0.177. The SMILES string of the molecule is CC(NC(=O)/C=C/c1cnc2ccccc2n1)c1ccncc1. The molecule has 1 atom stereocenters. The highest BCUT2D eigenvalue weighted by Gasteiger charge is 2.06. The quantitative estimate of drug-likeness (QED) is 0.753. The first-order valence-corrected chi connectivity index (χ1v) is 7.32. The van der Waals surface area contributed by atoms with Crippen LogP contribution in [0.4, 0.5) is 0 Å². The van der Waals surface area contributed by atoms with Gasteiger partial charge in [0.1, 0.15) is 0 Å². The van der Waals surface area contributed by atoms with Crippen molar-refractivity contribution in [2.75, 3.05) is 0 Å². The van der Waals surface area contributed by atoms with Crippen LogP contribution < -0.4 is 5.32 Å². The van der Waals surface area contributed by atoms with Crippen molar-refractivity contribution in [3.05, 3.63) is 72.3 Å². The Morgan fingerprint density at radius 1 is 1.13 bits per heavy atom. The number of benzene rings is 1. The van der Waals surface area contributed by atoms with Gasteiger partial charge in [0.05, 0.1) is 29.0 Å². The summed E-state index contributed by atoms with van der Waals surface area (Å²) in [5, 5.41) is 2.90. The maximum Gasteiger partial charge on any atom is 0.244 e. The molecular weight excluding hydrogens is 288 g/mol. The number of nitrogens with zero attached hydrogens (tertiary/aromatic N) is 3. The van der Waals surface area contributed by atoms with Crippen molar-refractivity contribution >= 4 is 23.0 Å². The van der Waals surface area contributed by atoms with Crippen LogP contribution in [0.2, 0.25) is 0 Å². The highest BCUT2D eigenvalue weighted by Crippen LogP contribution is 2.11. The van der Waals surface area contributed by atoms with E-state index >= 15 is 0 Å². The monoisotopic (exact) mass is 304 g/mol. The van der Waals surface area contributed by atoms with Crippen LogP contribution in [0.25, 0.3) is 17.1 Å². The van der Waals surface area contributed by atoms with E-state index in [0.717, 1.165) is 16.6 Å². The van der Waals surface area contributed by atoms with Crippen molar-refractivity contribution < 1.29 is 4.79 Å². The summed E-state index contributed by atoms with van der Waals surface area (Å²) < 4.78 is 0. The molecule has 23 heavy (non-hydrogen) atoms. The van der Waals surface area contributed by atoms with Crippen molar-refractivity contribution in [2.45, 2.75) is 13.0 Å². The molecule has 0 saturated carbocycles. The van der Waals surface area contributed by atoms with Crippen LogP contribution in [0.5, 0.6) is 0 Å². The Balaban J connectivity index is 1.67. The minimum absolute atomic E-state index is 0.0853. The van der Waals surface area contributed by atoms with Gasteiger partial charge in [-0.05, 0) is 42.8 Å². The summed E-state index contributed by atoms with van der Waals surface area (Å²) in [5.41, 5.74) is 3.29. The van der Waals surface area contributed by atoms with E-state index in [1.807, 2.05) is 43.3 Å². The molecule has 1 unspecified atom stereocenters. The Morgan fingerprint density at radius 3 is 2.65 bits per heavy atom. The van der Waals surface area contributed by atoms with E-state index in [0.29, 0.717) is 5.69 Å². The second-order valence-electron chi connectivity index (χ2n) is 5.13. The predicted molar refractivity (Wildman–Crippen MR) is 89.4 cm³/mol. The highest BCUT2D eigenvalue weighted by atomic mass is 16.1. The van der Waals surface area contributed by atoms with Gasteiger partial charge in [0.25, 0.3) is 0 Å². The number of hydrogen-bond donors (Lipinski definition) is 1. The van der Waals surface area contributed by atoms with Crippen molar-refractivity contribution in [1.29, 1.82) is 0 Å². The van der Waals surface area contributed by atoms with Gasteiger partial charge in [0.15, 0.2) is 0 Å². The molecule has 0 aliphatic rings. The van der Waals surface area contributed by atoms with Crippen molar-refractivity contribution in [3.63, 3.8) is 0 Å². The maximum absolute atomic E-state index is 12.0. The Morgan fingerprint density at radius 2 is 1.87 bits per heavy atom. The molecule has 3 aromatic rings. The van der Waals surface area contributed by atoms with Gasteiger partial charge >= 0.3 is 0 Å². The fraction of sp³-hybridized carbons (Fsp3) is 0.111. The van der Waals surface area contributed by atoms with Crippen LogP contribution in [0.1, 0.15) is 24.2 Å². The molecule has 1 amide bonds. The molecule has 0 radical (unpaired) electrons. The number of nitrogens with one attached hydrogen (secondary N) is 1. The Hall–Kier alpha value is -3.08. The molecule has 114 valence electrons. The first kappa shape index (κ1) is 14.8. The number of hydrogen-bond acceptors (Lipinski definition) is 4. The van der Waals surface area contributed by atoms with Gasteiger partial charge in [0.2, 0.25) is 5.91 Å². The zero-order chi connectivity index (χ0) is 16.1. The first-order chi connectivity index (χ1) is 11.2. The summed E-state index contributed by atoms with van der Waals surface area (Å²) in [6.45, 7) is 1.93. The molecule has 2 aromatic heterocycles. The third-order valence-corrected chi connectivity index (χ3v) is 3.44. The smallest absolute Gasteiger partial charge is 0.244 e. The fourth-order valence-electron chi connectivity index (χ4n) is 2.21. The molecule has 0 spiro atoms. The molecule has 5 heteroatoms.